The number of rotatable bonds is 8. The average Bonchev–Trinajstić information content (AvgIpc) is 3.18. The van der Waals surface area contributed by atoms with Crippen molar-refractivity contribution in [3.05, 3.63) is 69.5 Å². The Kier molecular flexibility index (Phi) is 7.44. The zero-order valence-corrected chi connectivity index (χ0v) is 19.4. The third-order valence-corrected chi connectivity index (χ3v) is 5.57. The fraction of sp³-hybridized carbons (Fsp3) is 0.273. The van der Waals surface area contributed by atoms with Crippen LogP contribution in [0.5, 0.6) is 0 Å². The number of anilines is 1. The van der Waals surface area contributed by atoms with E-state index in [9.17, 15) is 19.7 Å². The molecule has 0 spiro atoms. The van der Waals surface area contributed by atoms with Gasteiger partial charge in [-0.2, -0.15) is 0 Å². The first kappa shape index (κ1) is 23.9. The standard InChI is InChI=1S/C22H23N5O5S/c1-5-19(20(28)23-18-12-17(27(30)31)9-6-13(18)2)32-21(29)15-7-10-16(11-8-15)26-14(3)24-25-22(26)33-4/h6-12,19H,5H2,1-4H3,(H,23,28). The SMILES string of the molecule is CCC(OC(=O)c1ccc(-n2c(C)nnc2SC)cc1)C(=O)Nc1cc([N+](=O)[O-])ccc1C. The second-order valence-electron chi connectivity index (χ2n) is 7.16. The lowest BCUT2D eigenvalue weighted by molar-refractivity contribution is -0.384. The molecule has 11 heteroatoms. The lowest BCUT2D eigenvalue weighted by atomic mass is 10.1. The van der Waals surface area contributed by atoms with E-state index < -0.39 is 22.9 Å². The number of nitrogens with one attached hydrogen (secondary N) is 1. The number of amides is 1. The summed E-state index contributed by atoms with van der Waals surface area (Å²) in [4.78, 5) is 35.8. The highest BCUT2D eigenvalue weighted by atomic mass is 32.2. The van der Waals surface area contributed by atoms with Gasteiger partial charge >= 0.3 is 5.97 Å². The molecule has 0 saturated carbocycles. The molecule has 0 aliphatic heterocycles. The normalized spacial score (nSPS) is 11.6. The highest BCUT2D eigenvalue weighted by Crippen LogP contribution is 2.23. The van der Waals surface area contributed by atoms with Gasteiger partial charge in [0.1, 0.15) is 5.82 Å². The molecule has 1 aromatic heterocycles. The monoisotopic (exact) mass is 469 g/mol. The molecule has 0 radical (unpaired) electrons. The van der Waals surface area contributed by atoms with Crippen molar-refractivity contribution in [2.45, 2.75) is 38.5 Å². The van der Waals surface area contributed by atoms with Crippen LogP contribution in [0, 0.1) is 24.0 Å². The van der Waals surface area contributed by atoms with Crippen LogP contribution in [-0.4, -0.2) is 43.9 Å². The zero-order chi connectivity index (χ0) is 24.1. The zero-order valence-electron chi connectivity index (χ0n) is 18.6. The highest BCUT2D eigenvalue weighted by molar-refractivity contribution is 7.98. The number of non-ortho nitro benzene ring substituents is 1. The minimum Gasteiger partial charge on any atom is -0.449 e. The Hall–Kier alpha value is -3.73. The number of benzene rings is 2. The quantitative estimate of drug-likeness (QED) is 0.226. The molecule has 0 fully saturated rings. The summed E-state index contributed by atoms with van der Waals surface area (Å²) in [6.07, 6.45) is 1.08. The summed E-state index contributed by atoms with van der Waals surface area (Å²) in [5.74, 6) is -0.491. The fourth-order valence-corrected chi connectivity index (χ4v) is 3.65. The van der Waals surface area contributed by atoms with Gasteiger partial charge in [0, 0.05) is 17.8 Å². The van der Waals surface area contributed by atoms with E-state index in [2.05, 4.69) is 15.5 Å². The Morgan fingerprint density at radius 3 is 2.48 bits per heavy atom. The molecule has 1 heterocycles. The van der Waals surface area contributed by atoms with Gasteiger partial charge in [0.2, 0.25) is 0 Å². The lowest BCUT2D eigenvalue weighted by Gasteiger charge is -2.17. The number of ether oxygens (including phenoxy) is 1. The highest BCUT2D eigenvalue weighted by Gasteiger charge is 2.23. The molecule has 2 aromatic carbocycles. The Morgan fingerprint density at radius 2 is 1.88 bits per heavy atom. The maximum atomic E-state index is 12.7. The number of esters is 1. The first-order chi connectivity index (χ1) is 15.7. The molecule has 33 heavy (non-hydrogen) atoms. The summed E-state index contributed by atoms with van der Waals surface area (Å²) in [7, 11) is 0. The van der Waals surface area contributed by atoms with Crippen molar-refractivity contribution in [3.8, 4) is 5.69 Å². The van der Waals surface area contributed by atoms with E-state index in [0.29, 0.717) is 17.1 Å². The van der Waals surface area contributed by atoms with Crippen molar-refractivity contribution in [2.75, 3.05) is 11.6 Å². The van der Waals surface area contributed by atoms with Crippen molar-refractivity contribution in [1.29, 1.82) is 0 Å². The maximum absolute atomic E-state index is 12.7. The van der Waals surface area contributed by atoms with E-state index in [1.807, 2.05) is 17.7 Å². The molecular weight excluding hydrogens is 446 g/mol. The van der Waals surface area contributed by atoms with E-state index in [1.165, 1.54) is 23.9 Å². The number of aromatic nitrogens is 3. The van der Waals surface area contributed by atoms with Crippen LogP contribution in [0.3, 0.4) is 0 Å². The maximum Gasteiger partial charge on any atom is 0.338 e. The third-order valence-electron chi connectivity index (χ3n) is 4.94. The lowest BCUT2D eigenvalue weighted by Crippen LogP contribution is -2.32. The van der Waals surface area contributed by atoms with Gasteiger partial charge in [-0.15, -0.1) is 10.2 Å². The van der Waals surface area contributed by atoms with Crippen LogP contribution in [0.1, 0.15) is 35.1 Å². The van der Waals surface area contributed by atoms with Crippen molar-refractivity contribution in [1.82, 2.24) is 14.8 Å². The molecule has 0 bridgehead atoms. The van der Waals surface area contributed by atoms with Gasteiger partial charge in [-0.1, -0.05) is 24.8 Å². The molecule has 0 saturated heterocycles. The topological polar surface area (TPSA) is 129 Å². The first-order valence-electron chi connectivity index (χ1n) is 10.1. The number of carbonyl (C=O) groups excluding carboxylic acids is 2. The second-order valence-corrected chi connectivity index (χ2v) is 7.94. The summed E-state index contributed by atoms with van der Waals surface area (Å²) in [6.45, 7) is 5.26. The number of carbonyl (C=O) groups is 2. The van der Waals surface area contributed by atoms with Crippen LogP contribution < -0.4 is 5.32 Å². The molecule has 3 rings (SSSR count). The minimum atomic E-state index is -1.06. The molecule has 10 nitrogen and oxygen atoms in total. The fourth-order valence-electron chi connectivity index (χ4n) is 3.11. The van der Waals surface area contributed by atoms with Crippen LogP contribution in [0.25, 0.3) is 5.69 Å². The number of hydrogen-bond donors (Lipinski definition) is 1. The van der Waals surface area contributed by atoms with Gasteiger partial charge in [-0.05, 0) is 56.4 Å². The van der Waals surface area contributed by atoms with Crippen molar-refractivity contribution in [3.63, 3.8) is 0 Å². The Balaban J connectivity index is 1.72. The number of hydrogen-bond acceptors (Lipinski definition) is 8. The van der Waals surface area contributed by atoms with Gasteiger partial charge in [-0.3, -0.25) is 19.5 Å². The molecule has 172 valence electrons. The Bertz CT molecular complexity index is 1190. The van der Waals surface area contributed by atoms with Gasteiger partial charge in [0.25, 0.3) is 11.6 Å². The van der Waals surface area contributed by atoms with E-state index in [0.717, 1.165) is 10.8 Å². The van der Waals surface area contributed by atoms with Crippen molar-refractivity contribution < 1.29 is 19.2 Å². The first-order valence-corrected chi connectivity index (χ1v) is 11.3. The largest absolute Gasteiger partial charge is 0.449 e. The number of nitro groups is 1. The van der Waals surface area contributed by atoms with Crippen molar-refractivity contribution in [2.24, 2.45) is 0 Å². The molecule has 1 atom stereocenters. The predicted molar refractivity (Wildman–Crippen MR) is 124 cm³/mol. The third kappa shape index (κ3) is 5.37. The van der Waals surface area contributed by atoms with Gasteiger partial charge in [0.15, 0.2) is 11.3 Å². The van der Waals surface area contributed by atoms with E-state index in [-0.39, 0.29) is 17.7 Å². The summed E-state index contributed by atoms with van der Waals surface area (Å²) in [5, 5.41) is 22.5. The summed E-state index contributed by atoms with van der Waals surface area (Å²) in [6, 6.07) is 10.9. The van der Waals surface area contributed by atoms with Crippen LogP contribution >= 0.6 is 11.8 Å². The van der Waals surface area contributed by atoms with Crippen LogP contribution in [0.15, 0.2) is 47.6 Å². The Labute approximate surface area is 194 Å². The number of nitro benzene ring substituents is 1. The average molecular weight is 470 g/mol. The van der Waals surface area contributed by atoms with E-state index in [1.54, 1.807) is 44.2 Å². The number of aryl methyl sites for hydroxylation is 2. The van der Waals surface area contributed by atoms with Gasteiger partial charge in [-0.25, -0.2) is 4.79 Å². The number of thioether (sulfide) groups is 1. The molecule has 3 aromatic rings. The van der Waals surface area contributed by atoms with E-state index in [4.69, 9.17) is 4.74 Å². The smallest absolute Gasteiger partial charge is 0.338 e. The molecule has 0 aliphatic carbocycles. The molecule has 1 N–H and O–H groups in total. The number of nitrogens with zero attached hydrogens (tertiary/aromatic N) is 4. The molecular formula is C22H23N5O5S. The van der Waals surface area contributed by atoms with Crippen LogP contribution in [0.2, 0.25) is 0 Å². The molecule has 1 unspecified atom stereocenters. The molecule has 0 aliphatic rings. The Morgan fingerprint density at radius 1 is 1.18 bits per heavy atom. The second kappa shape index (κ2) is 10.3. The van der Waals surface area contributed by atoms with E-state index >= 15 is 0 Å². The molecule has 1 amide bonds. The van der Waals surface area contributed by atoms with Crippen LogP contribution in [0.4, 0.5) is 11.4 Å². The predicted octanol–water partition coefficient (Wildman–Crippen LogP) is 4.09. The summed E-state index contributed by atoms with van der Waals surface area (Å²) in [5.41, 5.74) is 1.88. The minimum absolute atomic E-state index is 0.144. The van der Waals surface area contributed by atoms with Crippen molar-refractivity contribution >= 4 is 35.0 Å². The summed E-state index contributed by atoms with van der Waals surface area (Å²) < 4.78 is 7.28. The van der Waals surface area contributed by atoms with Gasteiger partial charge < -0.3 is 10.1 Å². The van der Waals surface area contributed by atoms with Gasteiger partial charge in [0.05, 0.1) is 16.2 Å². The van der Waals surface area contributed by atoms with Crippen LogP contribution in [-0.2, 0) is 9.53 Å². The summed E-state index contributed by atoms with van der Waals surface area (Å²) >= 11 is 1.46.